The van der Waals surface area contributed by atoms with Gasteiger partial charge >= 0.3 is 0 Å². The summed E-state index contributed by atoms with van der Waals surface area (Å²) in [5.74, 6) is -0.592. The summed E-state index contributed by atoms with van der Waals surface area (Å²) >= 11 is 0. The van der Waals surface area contributed by atoms with Crippen LogP contribution in [-0.2, 0) is 0 Å². The van der Waals surface area contributed by atoms with Gasteiger partial charge in [-0.05, 0) is 30.7 Å². The lowest BCUT2D eigenvalue weighted by Gasteiger charge is -2.11. The molecule has 102 valence electrons. The van der Waals surface area contributed by atoms with E-state index in [1.165, 1.54) is 14.0 Å². The Bertz CT molecular complexity index is 693. The van der Waals surface area contributed by atoms with Gasteiger partial charge in [-0.1, -0.05) is 0 Å². The van der Waals surface area contributed by atoms with E-state index in [1.54, 1.807) is 18.2 Å². The molecule has 0 saturated carbocycles. The number of nitrogens with zero attached hydrogens (tertiary/aromatic N) is 1. The predicted octanol–water partition coefficient (Wildman–Crippen LogP) is 3.90. The Labute approximate surface area is 115 Å². The molecule has 0 aliphatic heterocycles. The van der Waals surface area contributed by atoms with Crippen molar-refractivity contribution in [3.05, 3.63) is 53.1 Å². The van der Waals surface area contributed by atoms with Crippen LogP contribution in [0.1, 0.15) is 11.1 Å². The van der Waals surface area contributed by atoms with Crippen LogP contribution in [0, 0.1) is 29.9 Å². The van der Waals surface area contributed by atoms with Crippen LogP contribution in [0.2, 0.25) is 0 Å². The molecule has 1 N–H and O–H groups in total. The highest BCUT2D eigenvalue weighted by atomic mass is 19.1. The average Bonchev–Trinajstić information content (AvgIpc) is 2.44. The van der Waals surface area contributed by atoms with Crippen LogP contribution in [0.4, 0.5) is 20.2 Å². The summed E-state index contributed by atoms with van der Waals surface area (Å²) in [4.78, 5) is 0. The van der Waals surface area contributed by atoms with Gasteiger partial charge in [0, 0.05) is 12.1 Å². The first kappa shape index (κ1) is 13.8. The molecule has 0 saturated heterocycles. The van der Waals surface area contributed by atoms with Crippen molar-refractivity contribution in [3.63, 3.8) is 0 Å². The van der Waals surface area contributed by atoms with E-state index in [4.69, 9.17) is 10.00 Å². The lowest BCUT2D eigenvalue weighted by Crippen LogP contribution is -1.99. The number of aryl methyl sites for hydroxylation is 1. The summed E-state index contributed by atoms with van der Waals surface area (Å²) in [6.45, 7) is 1.48. The smallest absolute Gasteiger partial charge is 0.147 e. The van der Waals surface area contributed by atoms with Crippen LogP contribution in [0.15, 0.2) is 30.3 Å². The molecule has 2 aromatic rings. The minimum atomic E-state index is -0.587. The topological polar surface area (TPSA) is 45.0 Å². The van der Waals surface area contributed by atoms with E-state index in [-0.39, 0.29) is 11.3 Å². The van der Waals surface area contributed by atoms with E-state index in [9.17, 15) is 8.78 Å². The van der Waals surface area contributed by atoms with Crippen molar-refractivity contribution in [3.8, 4) is 11.8 Å². The largest absolute Gasteiger partial charge is 0.497 e. The SMILES string of the molecule is COc1ccc(C#N)c(Nc2cc(F)c(C)cc2F)c1. The number of halogens is 2. The van der Waals surface area contributed by atoms with Crippen molar-refractivity contribution >= 4 is 11.4 Å². The number of methoxy groups -OCH3 is 1. The van der Waals surface area contributed by atoms with Gasteiger partial charge in [0.2, 0.25) is 0 Å². The van der Waals surface area contributed by atoms with Crippen molar-refractivity contribution in [1.82, 2.24) is 0 Å². The van der Waals surface area contributed by atoms with Gasteiger partial charge in [-0.15, -0.1) is 0 Å². The highest BCUT2D eigenvalue weighted by molar-refractivity contribution is 5.68. The lowest BCUT2D eigenvalue weighted by molar-refractivity contribution is 0.415. The number of ether oxygens (including phenoxy) is 1. The Kier molecular flexibility index (Phi) is 3.85. The summed E-state index contributed by atoms with van der Waals surface area (Å²) in [6, 6.07) is 8.86. The van der Waals surface area contributed by atoms with Gasteiger partial charge < -0.3 is 10.1 Å². The van der Waals surface area contributed by atoms with E-state index in [2.05, 4.69) is 5.32 Å². The second-order valence-corrected chi connectivity index (χ2v) is 4.23. The molecule has 0 aromatic heterocycles. The van der Waals surface area contributed by atoms with Crippen LogP contribution in [0.5, 0.6) is 5.75 Å². The zero-order chi connectivity index (χ0) is 14.7. The minimum absolute atomic E-state index is 0.0298. The second-order valence-electron chi connectivity index (χ2n) is 4.23. The van der Waals surface area contributed by atoms with Crippen LogP contribution < -0.4 is 10.1 Å². The molecule has 2 aromatic carbocycles. The highest BCUT2D eigenvalue weighted by Gasteiger charge is 2.10. The fourth-order valence-electron chi connectivity index (χ4n) is 1.74. The fourth-order valence-corrected chi connectivity index (χ4v) is 1.74. The summed E-state index contributed by atoms with van der Waals surface area (Å²) in [5, 5.41) is 11.7. The first-order valence-electron chi connectivity index (χ1n) is 5.86. The lowest BCUT2D eigenvalue weighted by atomic mass is 10.1. The minimum Gasteiger partial charge on any atom is -0.497 e. The molecule has 0 bridgehead atoms. The summed E-state index contributed by atoms with van der Waals surface area (Å²) in [7, 11) is 1.48. The van der Waals surface area contributed by atoms with Crippen molar-refractivity contribution < 1.29 is 13.5 Å². The van der Waals surface area contributed by atoms with Gasteiger partial charge in [0.15, 0.2) is 0 Å². The molecule has 0 amide bonds. The van der Waals surface area contributed by atoms with Crippen LogP contribution in [0.25, 0.3) is 0 Å². The van der Waals surface area contributed by atoms with Gasteiger partial charge in [0.05, 0.1) is 24.0 Å². The molecule has 0 aliphatic carbocycles. The molecule has 0 atom stereocenters. The molecule has 0 aliphatic rings. The van der Waals surface area contributed by atoms with Crippen LogP contribution in [0.3, 0.4) is 0 Å². The number of rotatable bonds is 3. The maximum Gasteiger partial charge on any atom is 0.147 e. The third-order valence-corrected chi connectivity index (χ3v) is 2.86. The van der Waals surface area contributed by atoms with Gasteiger partial charge in [-0.2, -0.15) is 5.26 Å². The molecule has 0 unspecified atom stereocenters. The number of nitrogens with one attached hydrogen (secondary N) is 1. The molecule has 0 fully saturated rings. The van der Waals surface area contributed by atoms with Crippen LogP contribution in [-0.4, -0.2) is 7.11 Å². The molecule has 0 spiro atoms. The van der Waals surface area contributed by atoms with Crippen molar-refractivity contribution in [2.45, 2.75) is 6.92 Å². The van der Waals surface area contributed by atoms with E-state index < -0.39 is 11.6 Å². The molecular formula is C15H12F2N2O. The Morgan fingerprint density at radius 1 is 1.10 bits per heavy atom. The van der Waals surface area contributed by atoms with Crippen molar-refractivity contribution in [2.75, 3.05) is 12.4 Å². The maximum atomic E-state index is 13.8. The fraction of sp³-hybridized carbons (Fsp3) is 0.133. The first-order chi connectivity index (χ1) is 9.55. The summed E-state index contributed by atoms with van der Waals surface area (Å²) < 4.78 is 32.3. The number of hydrogen-bond donors (Lipinski definition) is 1. The summed E-state index contributed by atoms with van der Waals surface area (Å²) in [5.41, 5.74) is 0.859. The van der Waals surface area contributed by atoms with Gasteiger partial charge in [-0.25, -0.2) is 8.78 Å². The predicted molar refractivity (Wildman–Crippen MR) is 72.1 cm³/mol. The molecule has 5 heteroatoms. The highest BCUT2D eigenvalue weighted by Crippen LogP contribution is 2.28. The number of hydrogen-bond acceptors (Lipinski definition) is 3. The zero-order valence-electron chi connectivity index (χ0n) is 11.0. The third kappa shape index (κ3) is 2.69. The van der Waals surface area contributed by atoms with E-state index in [0.717, 1.165) is 12.1 Å². The number of benzene rings is 2. The number of anilines is 2. The van der Waals surface area contributed by atoms with E-state index in [1.807, 2.05) is 6.07 Å². The Hall–Kier alpha value is -2.61. The molecule has 2 rings (SSSR count). The third-order valence-electron chi connectivity index (χ3n) is 2.86. The van der Waals surface area contributed by atoms with E-state index in [0.29, 0.717) is 17.0 Å². The molecular weight excluding hydrogens is 262 g/mol. The molecule has 0 heterocycles. The molecule has 3 nitrogen and oxygen atoms in total. The molecule has 0 radical (unpaired) electrons. The summed E-state index contributed by atoms with van der Waals surface area (Å²) in [6.07, 6.45) is 0. The molecule has 20 heavy (non-hydrogen) atoms. The van der Waals surface area contributed by atoms with Gasteiger partial charge in [0.25, 0.3) is 0 Å². The van der Waals surface area contributed by atoms with Gasteiger partial charge in [0.1, 0.15) is 23.5 Å². The maximum absolute atomic E-state index is 13.8. The first-order valence-corrected chi connectivity index (χ1v) is 5.86. The second kappa shape index (κ2) is 5.57. The standard InChI is InChI=1S/C15H12F2N2O/c1-9-5-13(17)15(7-12(9)16)19-14-6-11(20-2)4-3-10(14)8-18/h3-7,19H,1-2H3. The number of nitriles is 1. The monoisotopic (exact) mass is 274 g/mol. The Morgan fingerprint density at radius 2 is 1.85 bits per heavy atom. The Balaban J connectivity index is 2.44. The Morgan fingerprint density at radius 3 is 2.50 bits per heavy atom. The quantitative estimate of drug-likeness (QED) is 0.923. The van der Waals surface area contributed by atoms with Crippen molar-refractivity contribution in [1.29, 1.82) is 5.26 Å². The van der Waals surface area contributed by atoms with Crippen molar-refractivity contribution in [2.24, 2.45) is 0 Å². The normalized spacial score (nSPS) is 9.95. The van der Waals surface area contributed by atoms with E-state index >= 15 is 0 Å². The zero-order valence-corrected chi connectivity index (χ0v) is 11.0. The van der Waals surface area contributed by atoms with Gasteiger partial charge in [-0.3, -0.25) is 0 Å². The average molecular weight is 274 g/mol. The van der Waals surface area contributed by atoms with Crippen LogP contribution >= 0.6 is 0 Å².